The van der Waals surface area contributed by atoms with Gasteiger partial charge in [-0.25, -0.2) is 4.98 Å². The predicted octanol–water partition coefficient (Wildman–Crippen LogP) is 2.77. The van der Waals surface area contributed by atoms with Crippen LogP contribution in [0, 0.1) is 17.2 Å². The first kappa shape index (κ1) is 18.2. The Hall–Kier alpha value is -2.59. The van der Waals surface area contributed by atoms with Crippen molar-refractivity contribution in [2.45, 2.75) is 37.9 Å². The molecule has 1 aromatic carbocycles. The smallest absolute Gasteiger partial charge is 0.254 e. The second-order valence-electron chi connectivity index (χ2n) is 7.28. The molecule has 2 heterocycles. The maximum Gasteiger partial charge on any atom is 0.254 e. The summed E-state index contributed by atoms with van der Waals surface area (Å²) in [6, 6.07) is 10.5. The highest BCUT2D eigenvalue weighted by Gasteiger charge is 2.29. The van der Waals surface area contributed by atoms with Crippen LogP contribution in [0.25, 0.3) is 0 Å². The van der Waals surface area contributed by atoms with Crippen LogP contribution in [0.4, 0.5) is 5.69 Å². The molecule has 1 N–H and O–H groups in total. The summed E-state index contributed by atoms with van der Waals surface area (Å²) in [5, 5.41) is 12.6. The molecule has 0 fully saturated rings. The molecule has 1 aliphatic heterocycles. The van der Waals surface area contributed by atoms with Crippen molar-refractivity contribution in [3.8, 4) is 6.07 Å². The molecule has 0 saturated carbocycles. The molecule has 1 atom stereocenters. The van der Waals surface area contributed by atoms with E-state index in [0.29, 0.717) is 28.7 Å². The van der Waals surface area contributed by atoms with Crippen LogP contribution in [0.3, 0.4) is 0 Å². The van der Waals surface area contributed by atoms with Gasteiger partial charge in [0.1, 0.15) is 6.07 Å². The first-order valence-electron chi connectivity index (χ1n) is 8.35. The third kappa shape index (κ3) is 3.65. The molecule has 7 heteroatoms. The minimum absolute atomic E-state index is 0.137. The van der Waals surface area contributed by atoms with Crippen molar-refractivity contribution in [2.24, 2.45) is 5.92 Å². The lowest BCUT2D eigenvalue weighted by Crippen LogP contribution is -2.37. The number of nitrogens with zero attached hydrogens (tertiary/aromatic N) is 3. The summed E-state index contributed by atoms with van der Waals surface area (Å²) in [6.07, 6.45) is 0. The van der Waals surface area contributed by atoms with E-state index < -0.39 is 0 Å². The first-order valence-corrected chi connectivity index (χ1v) is 9.33. The summed E-state index contributed by atoms with van der Waals surface area (Å²) in [6.45, 7) is 6.34. The zero-order valence-electron chi connectivity index (χ0n) is 14.9. The monoisotopic (exact) mass is 368 g/mol. The summed E-state index contributed by atoms with van der Waals surface area (Å²) in [5.41, 5.74) is 1.32. The zero-order chi connectivity index (χ0) is 18.9. The van der Waals surface area contributed by atoms with Crippen molar-refractivity contribution in [1.29, 1.82) is 5.26 Å². The molecule has 1 amide bonds. The molecule has 0 spiro atoms. The first-order chi connectivity index (χ1) is 12.3. The van der Waals surface area contributed by atoms with Crippen molar-refractivity contribution >= 4 is 23.4 Å². The van der Waals surface area contributed by atoms with E-state index >= 15 is 0 Å². The van der Waals surface area contributed by atoms with Gasteiger partial charge in [-0.2, -0.15) is 5.26 Å². The Kier molecular flexibility index (Phi) is 4.88. The molecule has 0 radical (unpaired) electrons. The number of hydrogen-bond donors (Lipinski definition) is 1. The molecule has 134 valence electrons. The van der Waals surface area contributed by atoms with Gasteiger partial charge in [0.15, 0.2) is 5.16 Å². The Bertz CT molecular complexity index is 953. The van der Waals surface area contributed by atoms with Gasteiger partial charge >= 0.3 is 0 Å². The lowest BCUT2D eigenvalue weighted by molar-refractivity contribution is -0.119. The van der Waals surface area contributed by atoms with E-state index in [1.807, 2.05) is 20.8 Å². The Morgan fingerprint density at radius 3 is 2.81 bits per heavy atom. The van der Waals surface area contributed by atoms with E-state index in [9.17, 15) is 9.59 Å². The normalized spacial score (nSPS) is 16.5. The molecular weight excluding hydrogens is 348 g/mol. The Labute approximate surface area is 156 Å². The molecule has 1 unspecified atom stereocenters. The van der Waals surface area contributed by atoms with Crippen molar-refractivity contribution in [1.82, 2.24) is 9.55 Å². The quantitative estimate of drug-likeness (QED) is 0.824. The van der Waals surface area contributed by atoms with Crippen LogP contribution in [0.2, 0.25) is 0 Å². The number of fused-ring (bicyclic) bond motifs is 1. The van der Waals surface area contributed by atoms with Crippen LogP contribution in [-0.2, 0) is 16.8 Å². The number of benzene rings is 1. The van der Waals surface area contributed by atoms with Crippen LogP contribution >= 0.6 is 11.8 Å². The number of nitrogens with one attached hydrogen (secondary N) is 1. The summed E-state index contributed by atoms with van der Waals surface area (Å²) in [4.78, 5) is 29.7. The third-order valence-corrected chi connectivity index (χ3v) is 5.37. The van der Waals surface area contributed by atoms with Gasteiger partial charge < -0.3 is 5.32 Å². The fourth-order valence-electron chi connectivity index (χ4n) is 2.68. The number of rotatable bonds is 2. The maximum absolute atomic E-state index is 12.6. The van der Waals surface area contributed by atoms with Crippen LogP contribution in [0.15, 0.2) is 40.3 Å². The molecule has 0 aliphatic carbocycles. The number of aromatic nitrogens is 2. The van der Waals surface area contributed by atoms with E-state index in [1.165, 1.54) is 11.8 Å². The fraction of sp³-hybridized carbons (Fsp3) is 0.368. The molecule has 2 aromatic rings. The minimum Gasteiger partial charge on any atom is -0.325 e. The predicted molar refractivity (Wildman–Crippen MR) is 101 cm³/mol. The number of nitriles is 1. The van der Waals surface area contributed by atoms with Gasteiger partial charge in [0.25, 0.3) is 5.56 Å². The lowest BCUT2D eigenvalue weighted by atomic mass is 9.92. The number of para-hydroxylation sites is 1. The standard InChI is InChI=1S/C19H20N4O2S/c1-19(2,3)15-8-16(24)23-10-13(11-26-18(23)22-15)17(25)21-14-7-5-4-6-12(14)9-20/h4-8,13H,10-11H2,1-3H3,(H,21,25). The summed E-state index contributed by atoms with van der Waals surface area (Å²) in [7, 11) is 0. The molecule has 26 heavy (non-hydrogen) atoms. The maximum atomic E-state index is 12.6. The second kappa shape index (κ2) is 6.96. The van der Waals surface area contributed by atoms with E-state index in [0.717, 1.165) is 5.69 Å². The molecule has 6 nitrogen and oxygen atoms in total. The van der Waals surface area contributed by atoms with Crippen molar-refractivity contribution in [3.63, 3.8) is 0 Å². The fourth-order valence-corrected chi connectivity index (χ4v) is 3.77. The van der Waals surface area contributed by atoms with Crippen LogP contribution < -0.4 is 10.9 Å². The Morgan fingerprint density at radius 1 is 1.38 bits per heavy atom. The van der Waals surface area contributed by atoms with Gasteiger partial charge in [0.2, 0.25) is 5.91 Å². The van der Waals surface area contributed by atoms with Crippen molar-refractivity contribution < 1.29 is 4.79 Å². The van der Waals surface area contributed by atoms with E-state index in [-0.39, 0.29) is 22.8 Å². The lowest BCUT2D eigenvalue weighted by Gasteiger charge is -2.26. The summed E-state index contributed by atoms with van der Waals surface area (Å²) in [5.74, 6) is -0.0162. The molecule has 1 aliphatic rings. The van der Waals surface area contributed by atoms with E-state index in [1.54, 1.807) is 34.9 Å². The largest absolute Gasteiger partial charge is 0.325 e. The number of thioether (sulfide) groups is 1. The molecular formula is C19H20N4O2S. The van der Waals surface area contributed by atoms with Crippen molar-refractivity contribution in [3.05, 3.63) is 51.9 Å². The second-order valence-corrected chi connectivity index (χ2v) is 8.26. The topological polar surface area (TPSA) is 87.8 Å². The molecule has 0 bridgehead atoms. The molecule has 1 aromatic heterocycles. The highest BCUT2D eigenvalue weighted by atomic mass is 32.2. The average molecular weight is 368 g/mol. The number of hydrogen-bond acceptors (Lipinski definition) is 5. The van der Waals surface area contributed by atoms with Crippen molar-refractivity contribution in [2.75, 3.05) is 11.1 Å². The summed E-state index contributed by atoms with van der Waals surface area (Å²) < 4.78 is 1.56. The minimum atomic E-state index is -0.362. The number of carbonyl (C=O) groups excluding carboxylic acids is 1. The van der Waals surface area contributed by atoms with Crippen LogP contribution in [-0.4, -0.2) is 21.2 Å². The molecule has 3 rings (SSSR count). The third-order valence-electron chi connectivity index (χ3n) is 4.23. The van der Waals surface area contributed by atoms with Gasteiger partial charge in [-0.3, -0.25) is 14.2 Å². The number of amides is 1. The van der Waals surface area contributed by atoms with Gasteiger partial charge in [0.05, 0.1) is 22.9 Å². The van der Waals surface area contributed by atoms with Crippen LogP contribution in [0.5, 0.6) is 0 Å². The van der Waals surface area contributed by atoms with E-state index in [2.05, 4.69) is 16.4 Å². The van der Waals surface area contributed by atoms with Gasteiger partial charge in [-0.15, -0.1) is 0 Å². The van der Waals surface area contributed by atoms with Gasteiger partial charge in [0, 0.05) is 23.8 Å². The number of anilines is 1. The highest BCUT2D eigenvalue weighted by molar-refractivity contribution is 7.99. The molecule has 0 saturated heterocycles. The van der Waals surface area contributed by atoms with Crippen LogP contribution in [0.1, 0.15) is 32.0 Å². The number of carbonyl (C=O) groups is 1. The summed E-state index contributed by atoms with van der Waals surface area (Å²) >= 11 is 1.42. The Balaban J connectivity index is 1.81. The SMILES string of the molecule is CC(C)(C)c1cc(=O)n2c(n1)SCC(C(=O)Nc1ccccc1C#N)C2. The Morgan fingerprint density at radius 2 is 2.12 bits per heavy atom. The van der Waals surface area contributed by atoms with Gasteiger partial charge in [-0.05, 0) is 12.1 Å². The van der Waals surface area contributed by atoms with E-state index in [4.69, 9.17) is 5.26 Å². The highest BCUT2D eigenvalue weighted by Crippen LogP contribution is 2.28. The average Bonchev–Trinajstić information content (AvgIpc) is 2.61. The zero-order valence-corrected chi connectivity index (χ0v) is 15.8. The van der Waals surface area contributed by atoms with Gasteiger partial charge in [-0.1, -0.05) is 44.7 Å².